The molecular weight excluding hydrogens is 407 g/mol. The Kier molecular flexibility index (Phi) is 5.15. The van der Waals surface area contributed by atoms with Gasteiger partial charge in [-0.15, -0.1) is 0 Å². The SMILES string of the molecule is COc1ccc2nc(OCCc3ccccc3)c3c(C)nc(-c4ccccc4F)n3c2n1. The standard InChI is InChI=1S/C25H21FN4O2/c1-16-22-25(32-15-14-17-8-4-3-5-9-17)28-20-12-13-21(31-2)29-24(20)30(22)23(27-16)18-10-6-7-11-19(18)26/h3-13H,14-15H2,1-2H3. The van der Waals surface area contributed by atoms with Crippen LogP contribution in [0.5, 0.6) is 11.8 Å². The number of fused-ring (bicyclic) bond motifs is 3. The van der Waals surface area contributed by atoms with Gasteiger partial charge >= 0.3 is 0 Å². The van der Waals surface area contributed by atoms with Gasteiger partial charge in [-0.25, -0.2) is 14.4 Å². The molecule has 0 aliphatic heterocycles. The molecule has 7 heteroatoms. The number of rotatable bonds is 6. The number of aryl methyl sites for hydroxylation is 1. The zero-order chi connectivity index (χ0) is 22.1. The van der Waals surface area contributed by atoms with E-state index in [0.29, 0.717) is 52.1 Å². The zero-order valence-electron chi connectivity index (χ0n) is 17.7. The number of ether oxygens (including phenoxy) is 2. The van der Waals surface area contributed by atoms with Gasteiger partial charge in [-0.3, -0.25) is 4.40 Å². The predicted molar refractivity (Wildman–Crippen MR) is 121 cm³/mol. The highest BCUT2D eigenvalue weighted by atomic mass is 19.1. The first-order valence-electron chi connectivity index (χ1n) is 10.3. The molecule has 5 rings (SSSR count). The van der Waals surface area contributed by atoms with E-state index in [1.807, 2.05) is 31.2 Å². The summed E-state index contributed by atoms with van der Waals surface area (Å²) in [6.45, 7) is 2.30. The van der Waals surface area contributed by atoms with Crippen LogP contribution in [0.3, 0.4) is 0 Å². The average molecular weight is 428 g/mol. The second-order valence-electron chi connectivity index (χ2n) is 7.38. The average Bonchev–Trinajstić information content (AvgIpc) is 3.17. The molecule has 32 heavy (non-hydrogen) atoms. The molecule has 0 aliphatic carbocycles. The van der Waals surface area contributed by atoms with Crippen LogP contribution in [0.1, 0.15) is 11.3 Å². The van der Waals surface area contributed by atoms with Crippen molar-refractivity contribution >= 4 is 16.7 Å². The highest BCUT2D eigenvalue weighted by Gasteiger charge is 2.21. The molecule has 3 aromatic heterocycles. The van der Waals surface area contributed by atoms with Crippen molar-refractivity contribution in [2.75, 3.05) is 13.7 Å². The van der Waals surface area contributed by atoms with Crippen molar-refractivity contribution in [3.05, 3.63) is 83.8 Å². The van der Waals surface area contributed by atoms with E-state index in [2.05, 4.69) is 22.1 Å². The Bertz CT molecular complexity index is 1420. The van der Waals surface area contributed by atoms with Crippen LogP contribution in [0.4, 0.5) is 4.39 Å². The molecule has 0 atom stereocenters. The Hall–Kier alpha value is -4.00. The van der Waals surface area contributed by atoms with E-state index in [1.54, 1.807) is 35.8 Å². The molecule has 0 bridgehead atoms. The van der Waals surface area contributed by atoms with E-state index >= 15 is 0 Å². The molecule has 0 N–H and O–H groups in total. The fourth-order valence-corrected chi connectivity index (χ4v) is 3.77. The molecule has 6 nitrogen and oxygen atoms in total. The zero-order valence-corrected chi connectivity index (χ0v) is 17.7. The largest absolute Gasteiger partial charge is 0.481 e. The molecule has 0 saturated heterocycles. The molecule has 160 valence electrons. The Morgan fingerprint density at radius 3 is 2.47 bits per heavy atom. The number of aromatic nitrogens is 4. The van der Waals surface area contributed by atoms with Crippen LogP contribution in [0.15, 0.2) is 66.7 Å². The van der Waals surface area contributed by atoms with Gasteiger partial charge in [0.15, 0.2) is 5.65 Å². The molecular formula is C25H21FN4O2. The van der Waals surface area contributed by atoms with Crippen molar-refractivity contribution in [3.8, 4) is 23.1 Å². The summed E-state index contributed by atoms with van der Waals surface area (Å²) in [7, 11) is 1.55. The Balaban J connectivity index is 1.68. The number of methoxy groups -OCH3 is 1. The maximum Gasteiger partial charge on any atom is 0.241 e. The molecule has 5 aromatic rings. The highest BCUT2D eigenvalue weighted by molar-refractivity contribution is 5.83. The Morgan fingerprint density at radius 1 is 0.906 bits per heavy atom. The van der Waals surface area contributed by atoms with E-state index in [9.17, 15) is 4.39 Å². The lowest BCUT2D eigenvalue weighted by Gasteiger charge is -2.12. The molecule has 3 heterocycles. The summed E-state index contributed by atoms with van der Waals surface area (Å²) in [6.07, 6.45) is 0.737. The Morgan fingerprint density at radius 2 is 1.69 bits per heavy atom. The molecule has 0 amide bonds. The minimum absolute atomic E-state index is 0.362. The third kappa shape index (κ3) is 3.51. The van der Waals surface area contributed by atoms with Gasteiger partial charge in [-0.1, -0.05) is 42.5 Å². The van der Waals surface area contributed by atoms with Crippen molar-refractivity contribution in [1.29, 1.82) is 0 Å². The van der Waals surface area contributed by atoms with Gasteiger partial charge in [0.25, 0.3) is 0 Å². The first-order chi connectivity index (χ1) is 15.7. The summed E-state index contributed by atoms with van der Waals surface area (Å²) in [5.41, 5.74) is 4.01. The lowest BCUT2D eigenvalue weighted by Crippen LogP contribution is -2.06. The van der Waals surface area contributed by atoms with Crippen LogP contribution in [-0.4, -0.2) is 33.1 Å². The van der Waals surface area contributed by atoms with Crippen LogP contribution in [0.2, 0.25) is 0 Å². The number of hydrogen-bond acceptors (Lipinski definition) is 5. The third-order valence-corrected chi connectivity index (χ3v) is 5.31. The summed E-state index contributed by atoms with van der Waals surface area (Å²) in [5.74, 6) is 0.952. The number of nitrogens with zero attached hydrogens (tertiary/aromatic N) is 4. The first kappa shape index (κ1) is 19.9. The monoisotopic (exact) mass is 428 g/mol. The van der Waals surface area contributed by atoms with Crippen molar-refractivity contribution in [1.82, 2.24) is 19.4 Å². The summed E-state index contributed by atoms with van der Waals surface area (Å²) < 4.78 is 27.9. The first-order valence-corrected chi connectivity index (χ1v) is 10.3. The number of halogens is 1. The van der Waals surface area contributed by atoms with Gasteiger partial charge in [-0.2, -0.15) is 4.98 Å². The molecule has 0 radical (unpaired) electrons. The molecule has 0 spiro atoms. The molecule has 0 unspecified atom stereocenters. The third-order valence-electron chi connectivity index (χ3n) is 5.31. The fourth-order valence-electron chi connectivity index (χ4n) is 3.77. The smallest absolute Gasteiger partial charge is 0.241 e. The summed E-state index contributed by atoms with van der Waals surface area (Å²) in [4.78, 5) is 14.0. The van der Waals surface area contributed by atoms with E-state index in [1.165, 1.54) is 11.6 Å². The molecule has 0 fully saturated rings. The summed E-state index contributed by atoms with van der Waals surface area (Å²) >= 11 is 0. The van der Waals surface area contributed by atoms with Crippen molar-refractivity contribution in [2.45, 2.75) is 13.3 Å². The molecule has 2 aromatic carbocycles. The number of pyridine rings is 1. The van der Waals surface area contributed by atoms with Gasteiger partial charge in [0.2, 0.25) is 11.8 Å². The topological polar surface area (TPSA) is 61.5 Å². The van der Waals surface area contributed by atoms with Crippen molar-refractivity contribution in [2.24, 2.45) is 0 Å². The van der Waals surface area contributed by atoms with E-state index in [0.717, 1.165) is 6.42 Å². The number of hydrogen-bond donors (Lipinski definition) is 0. The van der Waals surface area contributed by atoms with Crippen LogP contribution < -0.4 is 9.47 Å². The second-order valence-corrected chi connectivity index (χ2v) is 7.38. The number of imidazole rings is 1. The van der Waals surface area contributed by atoms with Crippen molar-refractivity contribution in [3.63, 3.8) is 0 Å². The minimum atomic E-state index is -0.362. The van der Waals surface area contributed by atoms with Crippen LogP contribution in [-0.2, 0) is 6.42 Å². The maximum atomic E-state index is 14.7. The van der Waals surface area contributed by atoms with Gasteiger partial charge in [0.05, 0.1) is 25.0 Å². The normalized spacial score (nSPS) is 11.2. The van der Waals surface area contributed by atoms with E-state index in [-0.39, 0.29) is 5.82 Å². The lowest BCUT2D eigenvalue weighted by atomic mass is 10.2. The fraction of sp³-hybridized carbons (Fsp3) is 0.160. The van der Waals surface area contributed by atoms with Gasteiger partial charge in [0, 0.05) is 12.5 Å². The number of benzene rings is 2. The van der Waals surface area contributed by atoms with Crippen LogP contribution in [0, 0.1) is 12.7 Å². The van der Waals surface area contributed by atoms with Gasteiger partial charge in [0.1, 0.15) is 22.7 Å². The van der Waals surface area contributed by atoms with E-state index < -0.39 is 0 Å². The van der Waals surface area contributed by atoms with Gasteiger partial charge in [-0.05, 0) is 30.7 Å². The van der Waals surface area contributed by atoms with E-state index in [4.69, 9.17) is 14.5 Å². The minimum Gasteiger partial charge on any atom is -0.481 e. The predicted octanol–water partition coefficient (Wildman–Crippen LogP) is 5.02. The molecule has 0 aliphatic rings. The summed E-state index contributed by atoms with van der Waals surface area (Å²) in [6, 6.07) is 20.2. The lowest BCUT2D eigenvalue weighted by molar-refractivity contribution is 0.313. The van der Waals surface area contributed by atoms with Crippen LogP contribution in [0.25, 0.3) is 28.1 Å². The maximum absolute atomic E-state index is 14.7. The van der Waals surface area contributed by atoms with Gasteiger partial charge < -0.3 is 9.47 Å². The highest BCUT2D eigenvalue weighted by Crippen LogP contribution is 2.33. The quantitative estimate of drug-likeness (QED) is 0.380. The second kappa shape index (κ2) is 8.26. The van der Waals surface area contributed by atoms with Crippen molar-refractivity contribution < 1.29 is 13.9 Å². The molecule has 0 saturated carbocycles. The summed E-state index contributed by atoms with van der Waals surface area (Å²) in [5, 5.41) is 0. The Labute approximate surface area is 184 Å². The van der Waals surface area contributed by atoms with Crippen LogP contribution >= 0.6 is 0 Å².